The molecule has 0 saturated carbocycles. The SMILES string of the molecule is CCCN(CC(=O)N(C)C)c1cn[nH]c(=O)c1. The molecular weight excluding hydrogens is 220 g/mol. The van der Waals surface area contributed by atoms with Crippen LogP contribution in [0.25, 0.3) is 0 Å². The minimum Gasteiger partial charge on any atom is -0.361 e. The van der Waals surface area contributed by atoms with Gasteiger partial charge in [-0.3, -0.25) is 9.59 Å². The molecule has 1 aromatic rings. The first-order valence-electron chi connectivity index (χ1n) is 5.54. The zero-order chi connectivity index (χ0) is 12.8. The Morgan fingerprint density at radius 1 is 1.47 bits per heavy atom. The summed E-state index contributed by atoms with van der Waals surface area (Å²) in [5.41, 5.74) is 0.409. The summed E-state index contributed by atoms with van der Waals surface area (Å²) in [6.45, 7) is 2.99. The van der Waals surface area contributed by atoms with Crippen LogP contribution >= 0.6 is 0 Å². The third-order valence-corrected chi connectivity index (χ3v) is 2.33. The van der Waals surface area contributed by atoms with E-state index in [1.165, 1.54) is 11.0 Å². The number of nitrogens with zero attached hydrogens (tertiary/aromatic N) is 3. The van der Waals surface area contributed by atoms with Crippen molar-refractivity contribution < 1.29 is 4.79 Å². The lowest BCUT2D eigenvalue weighted by molar-refractivity contribution is -0.127. The molecule has 0 aromatic carbocycles. The van der Waals surface area contributed by atoms with Crippen molar-refractivity contribution in [3.63, 3.8) is 0 Å². The van der Waals surface area contributed by atoms with E-state index in [1.807, 2.05) is 11.8 Å². The van der Waals surface area contributed by atoms with Gasteiger partial charge in [0.2, 0.25) is 5.91 Å². The number of hydrogen-bond acceptors (Lipinski definition) is 4. The van der Waals surface area contributed by atoms with Gasteiger partial charge in [-0.1, -0.05) is 6.92 Å². The average Bonchev–Trinajstić information content (AvgIpc) is 2.28. The molecule has 1 N–H and O–H groups in total. The lowest BCUT2D eigenvalue weighted by atomic mass is 10.3. The summed E-state index contributed by atoms with van der Waals surface area (Å²) in [6, 6.07) is 1.45. The maximum atomic E-state index is 11.7. The Balaban J connectivity index is 2.85. The van der Waals surface area contributed by atoms with Crippen LogP contribution in [0.15, 0.2) is 17.1 Å². The molecule has 0 aliphatic carbocycles. The minimum atomic E-state index is -0.263. The summed E-state index contributed by atoms with van der Waals surface area (Å²) in [4.78, 5) is 26.2. The van der Waals surface area contributed by atoms with E-state index in [-0.39, 0.29) is 18.0 Å². The zero-order valence-corrected chi connectivity index (χ0v) is 10.4. The first-order chi connectivity index (χ1) is 8.04. The molecule has 0 spiro atoms. The summed E-state index contributed by atoms with van der Waals surface area (Å²) in [5.74, 6) is -0.00117. The van der Waals surface area contributed by atoms with Crippen molar-refractivity contribution >= 4 is 11.6 Å². The number of carbonyl (C=O) groups excluding carboxylic acids is 1. The fourth-order valence-corrected chi connectivity index (χ4v) is 1.41. The summed E-state index contributed by atoms with van der Waals surface area (Å²) in [6.07, 6.45) is 2.45. The van der Waals surface area contributed by atoms with Gasteiger partial charge >= 0.3 is 0 Å². The van der Waals surface area contributed by atoms with E-state index in [9.17, 15) is 9.59 Å². The van der Waals surface area contributed by atoms with E-state index in [0.717, 1.165) is 6.42 Å². The Morgan fingerprint density at radius 3 is 2.71 bits per heavy atom. The molecule has 6 nitrogen and oxygen atoms in total. The fourth-order valence-electron chi connectivity index (χ4n) is 1.41. The number of carbonyl (C=O) groups is 1. The van der Waals surface area contributed by atoms with E-state index in [2.05, 4.69) is 10.2 Å². The second-order valence-corrected chi connectivity index (χ2v) is 4.01. The summed E-state index contributed by atoms with van der Waals surface area (Å²) in [7, 11) is 3.42. The van der Waals surface area contributed by atoms with E-state index in [1.54, 1.807) is 20.3 Å². The molecule has 6 heteroatoms. The number of rotatable bonds is 5. The van der Waals surface area contributed by atoms with Crippen molar-refractivity contribution in [2.75, 3.05) is 32.1 Å². The highest BCUT2D eigenvalue weighted by molar-refractivity contribution is 5.80. The van der Waals surface area contributed by atoms with Crippen molar-refractivity contribution in [1.29, 1.82) is 0 Å². The Kier molecular flexibility index (Phi) is 4.68. The van der Waals surface area contributed by atoms with Gasteiger partial charge in [-0.25, -0.2) is 5.10 Å². The lowest BCUT2D eigenvalue weighted by Gasteiger charge is -2.24. The quantitative estimate of drug-likeness (QED) is 0.788. The average molecular weight is 238 g/mol. The summed E-state index contributed by atoms with van der Waals surface area (Å²) < 4.78 is 0. The largest absolute Gasteiger partial charge is 0.361 e. The van der Waals surface area contributed by atoms with Crippen LogP contribution in [0.3, 0.4) is 0 Å². The van der Waals surface area contributed by atoms with Gasteiger partial charge in [0, 0.05) is 26.7 Å². The number of hydrogen-bond donors (Lipinski definition) is 1. The van der Waals surface area contributed by atoms with Gasteiger partial charge < -0.3 is 9.80 Å². The third-order valence-electron chi connectivity index (χ3n) is 2.33. The molecule has 94 valence electrons. The van der Waals surface area contributed by atoms with Crippen LogP contribution in [0, 0.1) is 0 Å². The highest BCUT2D eigenvalue weighted by Gasteiger charge is 2.12. The topological polar surface area (TPSA) is 69.3 Å². The first kappa shape index (κ1) is 13.2. The fraction of sp³-hybridized carbons (Fsp3) is 0.545. The van der Waals surface area contributed by atoms with Gasteiger partial charge in [0.05, 0.1) is 18.4 Å². The maximum Gasteiger partial charge on any atom is 0.266 e. The van der Waals surface area contributed by atoms with Gasteiger partial charge in [-0.05, 0) is 6.42 Å². The molecule has 1 heterocycles. The van der Waals surface area contributed by atoms with Gasteiger partial charge in [-0.2, -0.15) is 5.10 Å². The highest BCUT2D eigenvalue weighted by Crippen LogP contribution is 2.09. The Morgan fingerprint density at radius 2 is 2.18 bits per heavy atom. The van der Waals surface area contributed by atoms with Crippen LogP contribution in [-0.4, -0.2) is 48.2 Å². The first-order valence-corrected chi connectivity index (χ1v) is 5.54. The molecule has 0 fully saturated rings. The highest BCUT2D eigenvalue weighted by atomic mass is 16.2. The van der Waals surface area contributed by atoms with E-state index in [4.69, 9.17) is 0 Å². The normalized spacial score (nSPS) is 10.1. The van der Waals surface area contributed by atoms with Gasteiger partial charge in [-0.15, -0.1) is 0 Å². The number of amides is 1. The second-order valence-electron chi connectivity index (χ2n) is 4.01. The number of H-pyrrole nitrogens is 1. The molecule has 0 atom stereocenters. The lowest BCUT2D eigenvalue weighted by Crippen LogP contribution is -2.37. The van der Waals surface area contributed by atoms with E-state index in [0.29, 0.717) is 12.2 Å². The van der Waals surface area contributed by atoms with Gasteiger partial charge in [0.25, 0.3) is 5.56 Å². The van der Waals surface area contributed by atoms with Crippen LogP contribution in [0.5, 0.6) is 0 Å². The monoisotopic (exact) mass is 238 g/mol. The van der Waals surface area contributed by atoms with Gasteiger partial charge in [0.15, 0.2) is 0 Å². The molecule has 0 aliphatic heterocycles. The van der Waals surface area contributed by atoms with Gasteiger partial charge in [0.1, 0.15) is 0 Å². The van der Waals surface area contributed by atoms with Crippen molar-refractivity contribution in [3.05, 3.63) is 22.6 Å². The Hall–Kier alpha value is -1.85. The molecule has 0 radical (unpaired) electrons. The van der Waals surface area contributed by atoms with Crippen LogP contribution in [0.1, 0.15) is 13.3 Å². The zero-order valence-electron chi connectivity index (χ0n) is 10.4. The number of likely N-dealkylation sites (N-methyl/N-ethyl adjacent to an activating group) is 1. The summed E-state index contributed by atoms with van der Waals surface area (Å²) in [5, 5.41) is 6.05. The van der Waals surface area contributed by atoms with Crippen LogP contribution in [-0.2, 0) is 4.79 Å². The molecule has 0 saturated heterocycles. The standard InChI is InChI=1S/C11H18N4O2/c1-4-5-15(8-11(17)14(2)3)9-6-10(16)13-12-7-9/h6-7H,4-5,8H2,1-3H3,(H,13,16). The molecule has 0 unspecified atom stereocenters. The minimum absolute atomic E-state index is 0.00117. The molecule has 1 amide bonds. The van der Waals surface area contributed by atoms with Crippen LogP contribution in [0.2, 0.25) is 0 Å². The number of aromatic amines is 1. The Labute approximate surface area is 100 Å². The molecule has 0 bridgehead atoms. The van der Waals surface area contributed by atoms with Crippen molar-refractivity contribution in [2.45, 2.75) is 13.3 Å². The molecule has 1 aromatic heterocycles. The van der Waals surface area contributed by atoms with Crippen LogP contribution in [0.4, 0.5) is 5.69 Å². The maximum absolute atomic E-state index is 11.7. The molecule has 0 aliphatic rings. The predicted molar refractivity (Wildman–Crippen MR) is 66.1 cm³/mol. The van der Waals surface area contributed by atoms with Crippen molar-refractivity contribution in [2.24, 2.45) is 0 Å². The van der Waals surface area contributed by atoms with Crippen LogP contribution < -0.4 is 10.5 Å². The molecule has 1 rings (SSSR count). The predicted octanol–water partition coefficient (Wildman–Crippen LogP) is 0.0745. The smallest absolute Gasteiger partial charge is 0.266 e. The molecular formula is C11H18N4O2. The Bertz CT molecular complexity index is 427. The third kappa shape index (κ3) is 3.90. The number of anilines is 1. The number of nitrogens with one attached hydrogen (secondary N) is 1. The van der Waals surface area contributed by atoms with E-state index >= 15 is 0 Å². The molecule has 17 heavy (non-hydrogen) atoms. The summed E-state index contributed by atoms with van der Waals surface area (Å²) >= 11 is 0. The second kappa shape index (κ2) is 6.03. The van der Waals surface area contributed by atoms with Crippen molar-refractivity contribution in [3.8, 4) is 0 Å². The van der Waals surface area contributed by atoms with E-state index < -0.39 is 0 Å². The van der Waals surface area contributed by atoms with Crippen molar-refractivity contribution in [1.82, 2.24) is 15.1 Å². The number of aromatic nitrogens is 2.